The van der Waals surface area contributed by atoms with Gasteiger partial charge in [-0.15, -0.1) is 0 Å². The highest BCUT2D eigenvalue weighted by atomic mass is 32.1. The Morgan fingerprint density at radius 3 is 2.44 bits per heavy atom. The molecule has 0 bridgehead atoms. The summed E-state index contributed by atoms with van der Waals surface area (Å²) in [6.45, 7) is 4.41. The van der Waals surface area contributed by atoms with Gasteiger partial charge in [0.25, 0.3) is 5.91 Å². The Hall–Kier alpha value is -3.38. The van der Waals surface area contributed by atoms with E-state index in [2.05, 4.69) is 19.1 Å². The number of rotatable bonds is 5. The first-order chi connectivity index (χ1) is 15.6. The molecular weight excluding hydrogens is 420 g/mol. The van der Waals surface area contributed by atoms with Crippen molar-refractivity contribution in [3.63, 3.8) is 0 Å². The third-order valence-corrected chi connectivity index (χ3v) is 6.66. The summed E-state index contributed by atoms with van der Waals surface area (Å²) >= 11 is 1.53. The minimum Gasteiger partial charge on any atom is -0.482 e. The number of anilines is 1. The summed E-state index contributed by atoms with van der Waals surface area (Å²) in [6.07, 6.45) is -0.219. The smallest absolute Gasteiger partial charge is 0.274 e. The first kappa shape index (κ1) is 20.5. The van der Waals surface area contributed by atoms with Crippen LogP contribution in [-0.4, -0.2) is 23.1 Å². The molecule has 1 aliphatic heterocycles. The van der Waals surface area contributed by atoms with Crippen LogP contribution in [0.5, 0.6) is 11.5 Å². The predicted molar refractivity (Wildman–Crippen MR) is 128 cm³/mol. The largest absolute Gasteiger partial charge is 0.482 e. The van der Waals surface area contributed by atoms with Crippen molar-refractivity contribution in [2.75, 3.05) is 4.90 Å². The van der Waals surface area contributed by atoms with E-state index in [9.17, 15) is 4.79 Å². The molecule has 0 saturated heterocycles. The number of carbonyl (C=O) groups excluding carboxylic acids is 1. The summed E-state index contributed by atoms with van der Waals surface area (Å²) in [7, 11) is 0. The first-order valence-electron chi connectivity index (χ1n) is 10.8. The summed E-state index contributed by atoms with van der Waals surface area (Å²) < 4.78 is 13.2. The molecule has 2 heterocycles. The van der Waals surface area contributed by atoms with Gasteiger partial charge in [0.15, 0.2) is 16.6 Å². The number of carbonyl (C=O) groups is 1. The van der Waals surface area contributed by atoms with E-state index >= 15 is 0 Å². The van der Waals surface area contributed by atoms with Crippen molar-refractivity contribution in [3.05, 3.63) is 83.9 Å². The number of para-hydroxylation sites is 2. The van der Waals surface area contributed by atoms with Gasteiger partial charge in [-0.1, -0.05) is 66.8 Å². The molecule has 0 radical (unpaired) electrons. The van der Waals surface area contributed by atoms with E-state index in [-0.39, 0.29) is 5.91 Å². The van der Waals surface area contributed by atoms with Gasteiger partial charge in [-0.3, -0.25) is 9.69 Å². The number of hydrogen-bond acceptors (Lipinski definition) is 5. The van der Waals surface area contributed by atoms with E-state index in [1.54, 1.807) is 4.90 Å². The summed E-state index contributed by atoms with van der Waals surface area (Å²) in [5.41, 5.74) is 3.18. The number of fused-ring (bicyclic) bond motifs is 2. The summed E-state index contributed by atoms with van der Waals surface area (Å²) in [5, 5.41) is 0.664. The molecule has 5 nitrogen and oxygen atoms in total. The Bertz CT molecular complexity index is 1250. The highest BCUT2D eigenvalue weighted by molar-refractivity contribution is 7.22. The van der Waals surface area contributed by atoms with E-state index in [4.69, 9.17) is 14.5 Å². The third kappa shape index (κ3) is 3.94. The fourth-order valence-corrected chi connectivity index (χ4v) is 4.88. The quantitative estimate of drug-likeness (QED) is 0.401. The lowest BCUT2D eigenvalue weighted by molar-refractivity contribution is -0.130. The van der Waals surface area contributed by atoms with Crippen molar-refractivity contribution < 1.29 is 14.3 Å². The molecule has 2 unspecified atom stereocenters. The normalized spacial score (nSPS) is 17.3. The first-order valence-corrected chi connectivity index (χ1v) is 11.6. The van der Waals surface area contributed by atoms with Gasteiger partial charge in [-0.25, -0.2) is 4.98 Å². The minimum atomic E-state index is -0.758. The zero-order valence-electron chi connectivity index (χ0n) is 18.0. The zero-order valence-corrected chi connectivity index (χ0v) is 18.8. The van der Waals surface area contributed by atoms with Crippen LogP contribution in [0.2, 0.25) is 0 Å². The van der Waals surface area contributed by atoms with E-state index in [0.717, 1.165) is 22.2 Å². The Kier molecular flexibility index (Phi) is 5.53. The molecule has 32 heavy (non-hydrogen) atoms. The lowest BCUT2D eigenvalue weighted by Crippen LogP contribution is -2.50. The topological polar surface area (TPSA) is 51.7 Å². The Morgan fingerprint density at radius 2 is 1.69 bits per heavy atom. The lowest BCUT2D eigenvalue weighted by atomic mass is 10.1. The van der Waals surface area contributed by atoms with Crippen LogP contribution in [0, 0.1) is 0 Å². The number of hydrogen-bond donors (Lipinski definition) is 0. The molecule has 0 aliphatic carbocycles. The van der Waals surface area contributed by atoms with Crippen molar-refractivity contribution in [2.45, 2.75) is 39.0 Å². The molecular formula is C26H24N2O3S. The van der Waals surface area contributed by atoms with Crippen molar-refractivity contribution in [1.29, 1.82) is 0 Å². The second-order valence-corrected chi connectivity index (χ2v) is 8.88. The van der Waals surface area contributed by atoms with Crippen LogP contribution >= 0.6 is 11.3 Å². The average Bonchev–Trinajstić information content (AvgIpc) is 3.25. The van der Waals surface area contributed by atoms with Gasteiger partial charge >= 0.3 is 0 Å². The predicted octanol–water partition coefficient (Wildman–Crippen LogP) is 5.62. The van der Waals surface area contributed by atoms with Crippen LogP contribution in [0.3, 0.4) is 0 Å². The van der Waals surface area contributed by atoms with Crippen LogP contribution < -0.4 is 14.4 Å². The third-order valence-electron chi connectivity index (χ3n) is 5.62. The number of amides is 1. The highest BCUT2D eigenvalue weighted by Crippen LogP contribution is 2.36. The summed E-state index contributed by atoms with van der Waals surface area (Å²) in [6, 6.07) is 23.7. The van der Waals surface area contributed by atoms with Crippen molar-refractivity contribution in [3.8, 4) is 11.5 Å². The van der Waals surface area contributed by atoms with Gasteiger partial charge in [-0.05, 0) is 48.7 Å². The van der Waals surface area contributed by atoms with E-state index < -0.39 is 12.2 Å². The SMILES string of the molecule is CCc1ccc2nc(N(Cc3ccccc3)C(=O)C3Oc4ccccc4OC3C)sc2c1. The van der Waals surface area contributed by atoms with E-state index in [0.29, 0.717) is 23.2 Å². The zero-order chi connectivity index (χ0) is 22.1. The number of ether oxygens (including phenoxy) is 2. The van der Waals surface area contributed by atoms with Crippen LogP contribution in [-0.2, 0) is 17.8 Å². The Labute approximate surface area is 191 Å². The maximum Gasteiger partial charge on any atom is 0.274 e. The fraction of sp³-hybridized carbons (Fsp3) is 0.231. The van der Waals surface area contributed by atoms with Crippen molar-refractivity contribution >= 4 is 32.6 Å². The second-order valence-electron chi connectivity index (χ2n) is 7.87. The monoisotopic (exact) mass is 444 g/mol. The van der Waals surface area contributed by atoms with Gasteiger partial charge in [0.05, 0.1) is 16.8 Å². The molecule has 162 valence electrons. The molecule has 1 aromatic heterocycles. The van der Waals surface area contributed by atoms with Crippen molar-refractivity contribution in [2.24, 2.45) is 0 Å². The molecule has 4 aromatic rings. The molecule has 6 heteroatoms. The molecule has 0 fully saturated rings. The number of nitrogens with zero attached hydrogens (tertiary/aromatic N) is 2. The molecule has 2 atom stereocenters. The maximum absolute atomic E-state index is 13.8. The fourth-order valence-electron chi connectivity index (χ4n) is 3.84. The Balaban J connectivity index is 1.52. The van der Waals surface area contributed by atoms with E-state index in [1.807, 2.05) is 67.6 Å². The molecule has 1 aliphatic rings. The van der Waals surface area contributed by atoms with Gasteiger partial charge in [-0.2, -0.15) is 0 Å². The molecule has 1 amide bonds. The van der Waals surface area contributed by atoms with Crippen LogP contribution in [0.15, 0.2) is 72.8 Å². The number of aryl methyl sites for hydroxylation is 1. The average molecular weight is 445 g/mol. The minimum absolute atomic E-state index is 0.161. The second kappa shape index (κ2) is 8.63. The highest BCUT2D eigenvalue weighted by Gasteiger charge is 2.38. The summed E-state index contributed by atoms with van der Waals surface area (Å²) in [5.74, 6) is 1.08. The van der Waals surface area contributed by atoms with Gasteiger partial charge in [0, 0.05) is 0 Å². The van der Waals surface area contributed by atoms with Gasteiger partial charge < -0.3 is 9.47 Å². The van der Waals surface area contributed by atoms with Crippen LogP contribution in [0.25, 0.3) is 10.2 Å². The Morgan fingerprint density at radius 1 is 0.969 bits per heavy atom. The number of thiazole rings is 1. The van der Waals surface area contributed by atoms with Crippen LogP contribution in [0.1, 0.15) is 25.0 Å². The number of aromatic nitrogens is 1. The maximum atomic E-state index is 13.8. The molecule has 3 aromatic carbocycles. The van der Waals surface area contributed by atoms with Gasteiger partial charge in [0.1, 0.15) is 6.10 Å². The van der Waals surface area contributed by atoms with Crippen LogP contribution in [0.4, 0.5) is 5.13 Å². The number of benzene rings is 3. The van der Waals surface area contributed by atoms with E-state index in [1.165, 1.54) is 16.9 Å². The van der Waals surface area contributed by atoms with Crippen molar-refractivity contribution in [1.82, 2.24) is 4.98 Å². The standard InChI is InChI=1S/C26H24N2O3S/c1-3-18-13-14-20-23(15-18)32-26(27-20)28(16-19-9-5-4-6-10-19)25(29)24-17(2)30-21-11-7-8-12-22(21)31-24/h4-15,17,24H,3,16H2,1-2H3. The molecule has 0 spiro atoms. The molecule has 0 N–H and O–H groups in total. The lowest BCUT2D eigenvalue weighted by Gasteiger charge is -2.33. The molecule has 0 saturated carbocycles. The van der Waals surface area contributed by atoms with Gasteiger partial charge in [0.2, 0.25) is 6.10 Å². The molecule has 5 rings (SSSR count). The summed E-state index contributed by atoms with van der Waals surface area (Å²) in [4.78, 5) is 20.3.